The van der Waals surface area contributed by atoms with Gasteiger partial charge in [0.15, 0.2) is 0 Å². The van der Waals surface area contributed by atoms with Gasteiger partial charge in [-0.1, -0.05) is 13.8 Å². The zero-order valence-corrected chi connectivity index (χ0v) is 14.0. The lowest BCUT2D eigenvalue weighted by Gasteiger charge is -2.42. The van der Waals surface area contributed by atoms with Gasteiger partial charge in [0, 0.05) is 24.7 Å². The van der Waals surface area contributed by atoms with Crippen LogP contribution in [0.15, 0.2) is 30.6 Å². The molecular weight excluding hydrogens is 316 g/mol. The Balaban J connectivity index is 0.00000192. The molecule has 0 radical (unpaired) electrons. The van der Waals surface area contributed by atoms with Crippen LogP contribution >= 0.6 is 12.4 Å². The fourth-order valence-electron chi connectivity index (χ4n) is 2.77. The van der Waals surface area contributed by atoms with Crippen LogP contribution in [0, 0.1) is 5.41 Å². The third-order valence-electron chi connectivity index (χ3n) is 4.33. The molecule has 23 heavy (non-hydrogen) atoms. The molecule has 0 spiro atoms. The van der Waals surface area contributed by atoms with Crippen LogP contribution in [0.5, 0.6) is 0 Å². The van der Waals surface area contributed by atoms with Gasteiger partial charge in [-0.15, -0.1) is 17.5 Å². The molecule has 7 nitrogen and oxygen atoms in total. The van der Waals surface area contributed by atoms with E-state index in [1.165, 1.54) is 6.33 Å². The summed E-state index contributed by atoms with van der Waals surface area (Å²) in [6, 6.07) is 7.43. The van der Waals surface area contributed by atoms with Crippen LogP contribution in [0.2, 0.25) is 0 Å². The molecule has 1 fully saturated rings. The van der Waals surface area contributed by atoms with E-state index in [0.29, 0.717) is 18.7 Å². The molecule has 1 aromatic heterocycles. The molecule has 124 valence electrons. The SMILES string of the molecule is CC1(C)CN(C(=O)c2ccc(-n3cnnn3)cc2)CCC1N.Cl. The number of nitrogens with two attached hydrogens (primary N) is 1. The Morgan fingerprint density at radius 3 is 2.57 bits per heavy atom. The Kier molecular flexibility index (Phi) is 5.01. The van der Waals surface area contributed by atoms with Crippen LogP contribution in [-0.2, 0) is 0 Å². The molecule has 2 aromatic rings. The molecule has 1 aliphatic rings. The first-order valence-corrected chi connectivity index (χ1v) is 7.36. The van der Waals surface area contributed by atoms with Crippen molar-refractivity contribution in [3.05, 3.63) is 36.2 Å². The van der Waals surface area contributed by atoms with Crippen LogP contribution in [0.4, 0.5) is 0 Å². The number of benzene rings is 1. The van der Waals surface area contributed by atoms with Gasteiger partial charge in [0.2, 0.25) is 0 Å². The van der Waals surface area contributed by atoms with Crippen molar-refractivity contribution in [1.29, 1.82) is 0 Å². The summed E-state index contributed by atoms with van der Waals surface area (Å²) >= 11 is 0. The number of carbonyl (C=O) groups is 1. The molecule has 1 unspecified atom stereocenters. The number of amides is 1. The second kappa shape index (κ2) is 6.64. The second-order valence-corrected chi connectivity index (χ2v) is 6.41. The Labute approximate surface area is 141 Å². The topological polar surface area (TPSA) is 89.9 Å². The standard InChI is InChI=1S/C15H20N6O.ClH/c1-15(2)9-20(8-7-13(15)16)14(22)11-3-5-12(6-4-11)21-10-17-18-19-21;/h3-6,10,13H,7-9,16H2,1-2H3;1H. The lowest BCUT2D eigenvalue weighted by atomic mass is 9.79. The number of hydrogen-bond acceptors (Lipinski definition) is 5. The molecular formula is C15H21ClN6O. The number of rotatable bonds is 2. The minimum atomic E-state index is -0.0553. The van der Waals surface area contributed by atoms with Crippen molar-refractivity contribution in [1.82, 2.24) is 25.1 Å². The third kappa shape index (κ3) is 3.51. The predicted molar refractivity (Wildman–Crippen MR) is 88.7 cm³/mol. The first-order valence-electron chi connectivity index (χ1n) is 7.36. The van der Waals surface area contributed by atoms with E-state index in [2.05, 4.69) is 29.4 Å². The number of halogens is 1. The highest BCUT2D eigenvalue weighted by Crippen LogP contribution is 2.28. The number of tetrazole rings is 1. The summed E-state index contributed by atoms with van der Waals surface area (Å²) in [5.74, 6) is 0.0447. The van der Waals surface area contributed by atoms with Crippen LogP contribution in [0.1, 0.15) is 30.6 Å². The fourth-order valence-corrected chi connectivity index (χ4v) is 2.77. The van der Waals surface area contributed by atoms with E-state index in [9.17, 15) is 4.79 Å². The summed E-state index contributed by atoms with van der Waals surface area (Å²) in [6.45, 7) is 5.61. The van der Waals surface area contributed by atoms with Crippen molar-refractivity contribution in [2.75, 3.05) is 13.1 Å². The monoisotopic (exact) mass is 336 g/mol. The number of hydrogen-bond donors (Lipinski definition) is 1. The smallest absolute Gasteiger partial charge is 0.253 e. The summed E-state index contributed by atoms with van der Waals surface area (Å²) in [5, 5.41) is 11.0. The molecule has 1 atom stereocenters. The van der Waals surface area contributed by atoms with Gasteiger partial charge in [-0.2, -0.15) is 0 Å². The van der Waals surface area contributed by atoms with Crippen molar-refractivity contribution in [2.45, 2.75) is 26.3 Å². The molecule has 0 saturated carbocycles. The minimum Gasteiger partial charge on any atom is -0.338 e. The molecule has 2 N–H and O–H groups in total. The highest BCUT2D eigenvalue weighted by Gasteiger charge is 2.35. The first kappa shape index (κ1) is 17.4. The highest BCUT2D eigenvalue weighted by molar-refractivity contribution is 5.94. The third-order valence-corrected chi connectivity index (χ3v) is 4.33. The van der Waals surface area contributed by atoms with E-state index in [1.807, 2.05) is 17.0 Å². The van der Waals surface area contributed by atoms with E-state index >= 15 is 0 Å². The zero-order chi connectivity index (χ0) is 15.7. The van der Waals surface area contributed by atoms with Gasteiger partial charge in [-0.25, -0.2) is 4.68 Å². The summed E-state index contributed by atoms with van der Waals surface area (Å²) in [4.78, 5) is 14.5. The number of nitrogens with zero attached hydrogens (tertiary/aromatic N) is 5. The summed E-state index contributed by atoms with van der Waals surface area (Å²) in [6.07, 6.45) is 2.35. The summed E-state index contributed by atoms with van der Waals surface area (Å²) < 4.78 is 1.55. The van der Waals surface area contributed by atoms with E-state index in [1.54, 1.807) is 16.8 Å². The maximum atomic E-state index is 12.6. The quantitative estimate of drug-likeness (QED) is 0.892. The Morgan fingerprint density at radius 2 is 2.00 bits per heavy atom. The first-order chi connectivity index (χ1) is 10.5. The minimum absolute atomic E-state index is 0. The van der Waals surface area contributed by atoms with Gasteiger partial charge in [0.05, 0.1) is 5.69 Å². The van der Waals surface area contributed by atoms with Crippen LogP contribution < -0.4 is 5.73 Å². The lowest BCUT2D eigenvalue weighted by molar-refractivity contribution is 0.0533. The molecule has 1 aliphatic heterocycles. The molecule has 1 aromatic carbocycles. The van der Waals surface area contributed by atoms with E-state index in [4.69, 9.17) is 5.73 Å². The van der Waals surface area contributed by atoms with Crippen molar-refractivity contribution in [3.8, 4) is 5.69 Å². The van der Waals surface area contributed by atoms with Crippen LogP contribution in [0.25, 0.3) is 5.69 Å². The van der Waals surface area contributed by atoms with Crippen molar-refractivity contribution >= 4 is 18.3 Å². The molecule has 0 bridgehead atoms. The van der Waals surface area contributed by atoms with Gasteiger partial charge >= 0.3 is 0 Å². The number of piperidine rings is 1. The Bertz CT molecular complexity index is 655. The van der Waals surface area contributed by atoms with Gasteiger partial charge in [-0.05, 0) is 46.5 Å². The van der Waals surface area contributed by atoms with Crippen molar-refractivity contribution in [3.63, 3.8) is 0 Å². The molecule has 1 amide bonds. The van der Waals surface area contributed by atoms with E-state index in [0.717, 1.165) is 12.1 Å². The Hall–Kier alpha value is -1.99. The largest absolute Gasteiger partial charge is 0.338 e. The average molecular weight is 337 g/mol. The van der Waals surface area contributed by atoms with Crippen molar-refractivity contribution < 1.29 is 4.79 Å². The van der Waals surface area contributed by atoms with Crippen molar-refractivity contribution in [2.24, 2.45) is 11.1 Å². The molecule has 1 saturated heterocycles. The second-order valence-electron chi connectivity index (χ2n) is 6.41. The fraction of sp³-hybridized carbons (Fsp3) is 0.467. The van der Waals surface area contributed by atoms with Gasteiger partial charge in [-0.3, -0.25) is 4.79 Å². The van der Waals surface area contributed by atoms with E-state index < -0.39 is 0 Å². The molecule has 3 rings (SSSR count). The van der Waals surface area contributed by atoms with Gasteiger partial charge in [0.1, 0.15) is 6.33 Å². The summed E-state index contributed by atoms with van der Waals surface area (Å²) in [7, 11) is 0. The predicted octanol–water partition coefficient (Wildman–Crippen LogP) is 1.28. The van der Waals surface area contributed by atoms with Gasteiger partial charge < -0.3 is 10.6 Å². The zero-order valence-electron chi connectivity index (χ0n) is 13.2. The van der Waals surface area contributed by atoms with Crippen LogP contribution in [0.3, 0.4) is 0 Å². The highest BCUT2D eigenvalue weighted by atomic mass is 35.5. The van der Waals surface area contributed by atoms with Gasteiger partial charge in [0.25, 0.3) is 5.91 Å². The number of aromatic nitrogens is 4. The van der Waals surface area contributed by atoms with E-state index in [-0.39, 0.29) is 29.8 Å². The summed E-state index contributed by atoms with van der Waals surface area (Å²) in [5.41, 5.74) is 7.56. The normalized spacial score (nSPS) is 20.0. The molecule has 0 aliphatic carbocycles. The molecule has 2 heterocycles. The maximum absolute atomic E-state index is 12.6. The molecule has 8 heteroatoms. The number of carbonyl (C=O) groups excluding carboxylic acids is 1. The Morgan fingerprint density at radius 1 is 1.30 bits per heavy atom. The average Bonchev–Trinajstić information content (AvgIpc) is 3.04. The van der Waals surface area contributed by atoms with Crippen LogP contribution in [-0.4, -0.2) is 50.1 Å². The lowest BCUT2D eigenvalue weighted by Crippen LogP contribution is -2.53. The maximum Gasteiger partial charge on any atom is 0.253 e. The number of likely N-dealkylation sites (tertiary alicyclic amines) is 1.